The number of aliphatic hydroxyl groups excluding tert-OH is 1. The van der Waals surface area contributed by atoms with Crippen molar-refractivity contribution >= 4 is 0 Å². The third-order valence-corrected chi connectivity index (χ3v) is 1.20. The van der Waals surface area contributed by atoms with Crippen LogP contribution in [0.25, 0.3) is 0 Å². The molecule has 0 atom stereocenters. The van der Waals surface area contributed by atoms with Crippen molar-refractivity contribution in [3.8, 4) is 0 Å². The lowest BCUT2D eigenvalue weighted by Crippen LogP contribution is -1.84. The lowest BCUT2D eigenvalue weighted by Gasteiger charge is -1.86. The van der Waals surface area contributed by atoms with E-state index in [4.69, 9.17) is 9.84 Å². The number of pyridine rings is 1. The summed E-state index contributed by atoms with van der Waals surface area (Å²) in [5.41, 5.74) is 0. The Morgan fingerprint density at radius 3 is 1.53 bits per heavy atom. The van der Waals surface area contributed by atoms with Gasteiger partial charge in [0.15, 0.2) is 0 Å². The standard InChI is InChI=1S/C5H5N.C4H10O.C3H8O/c1-2-4-6-5-3-1;1-3-5-4-2;1-2-3-4/h1-5H;3-4H2,1-2H3;4H,2-3H2,1H3. The first-order chi connectivity index (χ1) is 7.33. The van der Waals surface area contributed by atoms with Crippen LogP contribution in [-0.2, 0) is 4.74 Å². The highest BCUT2D eigenvalue weighted by molar-refractivity contribution is 4.88. The van der Waals surface area contributed by atoms with E-state index in [1.165, 1.54) is 0 Å². The second-order valence-electron chi connectivity index (χ2n) is 2.53. The van der Waals surface area contributed by atoms with E-state index in [-0.39, 0.29) is 0 Å². The monoisotopic (exact) mass is 213 g/mol. The minimum Gasteiger partial charge on any atom is -0.396 e. The Labute approximate surface area is 93.1 Å². The second-order valence-corrected chi connectivity index (χ2v) is 2.53. The molecule has 1 N–H and O–H groups in total. The van der Waals surface area contributed by atoms with Crippen molar-refractivity contribution in [2.45, 2.75) is 27.2 Å². The molecule has 0 aromatic carbocycles. The van der Waals surface area contributed by atoms with Gasteiger partial charge in [-0.3, -0.25) is 4.98 Å². The van der Waals surface area contributed by atoms with E-state index in [0.717, 1.165) is 19.6 Å². The number of hydrogen-bond donors (Lipinski definition) is 1. The summed E-state index contributed by atoms with van der Waals surface area (Å²) >= 11 is 0. The van der Waals surface area contributed by atoms with Crippen molar-refractivity contribution in [1.82, 2.24) is 4.98 Å². The molecule has 3 heteroatoms. The zero-order valence-electron chi connectivity index (χ0n) is 10.0. The van der Waals surface area contributed by atoms with E-state index in [1.807, 2.05) is 39.0 Å². The Morgan fingerprint density at radius 1 is 1.00 bits per heavy atom. The van der Waals surface area contributed by atoms with Gasteiger partial charge in [0.2, 0.25) is 0 Å². The molecule has 0 unspecified atom stereocenters. The Hall–Kier alpha value is -0.930. The third-order valence-electron chi connectivity index (χ3n) is 1.20. The van der Waals surface area contributed by atoms with E-state index < -0.39 is 0 Å². The van der Waals surface area contributed by atoms with Gasteiger partial charge in [0.1, 0.15) is 0 Å². The molecule has 0 bridgehead atoms. The largest absolute Gasteiger partial charge is 0.396 e. The van der Waals surface area contributed by atoms with Crippen LogP contribution in [0.3, 0.4) is 0 Å². The number of nitrogens with zero attached hydrogens (tertiary/aromatic N) is 1. The molecule has 0 aliphatic heterocycles. The van der Waals surface area contributed by atoms with Crippen LogP contribution in [-0.4, -0.2) is 29.9 Å². The van der Waals surface area contributed by atoms with E-state index in [0.29, 0.717) is 6.61 Å². The highest BCUT2D eigenvalue weighted by atomic mass is 16.5. The summed E-state index contributed by atoms with van der Waals surface area (Å²) in [6.45, 7) is 7.92. The molecule has 0 saturated heterocycles. The van der Waals surface area contributed by atoms with Gasteiger partial charge in [0.05, 0.1) is 0 Å². The summed E-state index contributed by atoms with van der Waals surface area (Å²) in [5, 5.41) is 7.88. The first-order valence-corrected chi connectivity index (χ1v) is 5.36. The maximum atomic E-state index is 7.88. The second kappa shape index (κ2) is 18.8. The molecule has 88 valence electrons. The van der Waals surface area contributed by atoms with Crippen LogP contribution >= 0.6 is 0 Å². The molecule has 1 rings (SSSR count). The van der Waals surface area contributed by atoms with Gasteiger partial charge in [-0.2, -0.15) is 0 Å². The topological polar surface area (TPSA) is 42.4 Å². The summed E-state index contributed by atoms with van der Waals surface area (Å²) in [6.07, 6.45) is 4.38. The molecule has 0 spiro atoms. The lowest BCUT2D eigenvalue weighted by molar-refractivity contribution is 0.162. The Morgan fingerprint density at radius 2 is 1.47 bits per heavy atom. The molecule has 1 aromatic rings. The molecule has 0 amide bonds. The Kier molecular flexibility index (Phi) is 20.7. The van der Waals surface area contributed by atoms with Gasteiger partial charge in [0, 0.05) is 32.2 Å². The average molecular weight is 213 g/mol. The smallest absolute Gasteiger partial charge is 0.0437 e. The SMILES string of the molecule is CCCO.CCOCC.c1ccncc1. The van der Waals surface area contributed by atoms with Gasteiger partial charge in [0.25, 0.3) is 0 Å². The summed E-state index contributed by atoms with van der Waals surface area (Å²) in [6, 6.07) is 5.72. The lowest BCUT2D eigenvalue weighted by atomic mass is 10.5. The van der Waals surface area contributed by atoms with Crippen molar-refractivity contribution in [2.24, 2.45) is 0 Å². The first-order valence-electron chi connectivity index (χ1n) is 5.36. The Bertz CT molecular complexity index is 138. The molecule has 3 nitrogen and oxygen atoms in total. The average Bonchev–Trinajstić information content (AvgIpc) is 2.33. The van der Waals surface area contributed by atoms with Crippen molar-refractivity contribution in [3.63, 3.8) is 0 Å². The van der Waals surface area contributed by atoms with Crippen LogP contribution in [0.4, 0.5) is 0 Å². The van der Waals surface area contributed by atoms with Crippen LogP contribution in [0.15, 0.2) is 30.6 Å². The molecule has 15 heavy (non-hydrogen) atoms. The Balaban J connectivity index is 0. The molecule has 1 heterocycles. The fourth-order valence-corrected chi connectivity index (χ4v) is 0.517. The summed E-state index contributed by atoms with van der Waals surface area (Å²) in [5.74, 6) is 0. The molecule has 0 aliphatic rings. The molecule has 0 saturated carbocycles. The molecule has 1 aromatic heterocycles. The number of hydrogen-bond acceptors (Lipinski definition) is 3. The number of aliphatic hydroxyl groups is 1. The minimum absolute atomic E-state index is 0.319. The highest BCUT2D eigenvalue weighted by Gasteiger charge is 1.64. The number of aromatic nitrogens is 1. The summed E-state index contributed by atoms with van der Waals surface area (Å²) in [7, 11) is 0. The van der Waals surface area contributed by atoms with Crippen molar-refractivity contribution < 1.29 is 9.84 Å². The van der Waals surface area contributed by atoms with Crippen LogP contribution in [0.1, 0.15) is 27.2 Å². The van der Waals surface area contributed by atoms with E-state index >= 15 is 0 Å². The van der Waals surface area contributed by atoms with Gasteiger partial charge in [-0.05, 0) is 32.4 Å². The first kappa shape index (κ1) is 16.5. The van der Waals surface area contributed by atoms with Gasteiger partial charge in [-0.25, -0.2) is 0 Å². The van der Waals surface area contributed by atoms with E-state index in [2.05, 4.69) is 4.98 Å². The number of ether oxygens (including phenoxy) is 1. The summed E-state index contributed by atoms with van der Waals surface area (Å²) in [4.78, 5) is 3.78. The quantitative estimate of drug-likeness (QED) is 0.839. The van der Waals surface area contributed by atoms with Gasteiger partial charge in [-0.15, -0.1) is 0 Å². The molecular weight excluding hydrogens is 190 g/mol. The van der Waals surface area contributed by atoms with Crippen molar-refractivity contribution in [2.75, 3.05) is 19.8 Å². The third kappa shape index (κ3) is 24.6. The molecular formula is C12H23NO2. The van der Waals surface area contributed by atoms with Gasteiger partial charge < -0.3 is 9.84 Å². The minimum atomic E-state index is 0.319. The van der Waals surface area contributed by atoms with Crippen LogP contribution in [0.5, 0.6) is 0 Å². The zero-order chi connectivity index (χ0) is 11.8. The van der Waals surface area contributed by atoms with E-state index in [1.54, 1.807) is 12.4 Å². The van der Waals surface area contributed by atoms with Crippen LogP contribution in [0.2, 0.25) is 0 Å². The maximum Gasteiger partial charge on any atom is 0.0437 e. The fourth-order valence-electron chi connectivity index (χ4n) is 0.517. The van der Waals surface area contributed by atoms with E-state index in [9.17, 15) is 0 Å². The predicted octanol–water partition coefficient (Wildman–Crippen LogP) is 2.51. The van der Waals surface area contributed by atoms with Gasteiger partial charge >= 0.3 is 0 Å². The normalized spacial score (nSPS) is 8.00. The maximum absolute atomic E-state index is 7.88. The van der Waals surface area contributed by atoms with Crippen LogP contribution in [0, 0.1) is 0 Å². The predicted molar refractivity (Wildman–Crippen MR) is 63.8 cm³/mol. The van der Waals surface area contributed by atoms with Crippen molar-refractivity contribution in [3.05, 3.63) is 30.6 Å². The molecule has 0 fully saturated rings. The number of rotatable bonds is 3. The molecule has 0 radical (unpaired) electrons. The molecule has 0 aliphatic carbocycles. The fraction of sp³-hybridized carbons (Fsp3) is 0.583. The highest BCUT2D eigenvalue weighted by Crippen LogP contribution is 1.73. The van der Waals surface area contributed by atoms with Crippen LogP contribution < -0.4 is 0 Å². The zero-order valence-corrected chi connectivity index (χ0v) is 10.0. The summed E-state index contributed by atoms with van der Waals surface area (Å²) < 4.78 is 4.83. The van der Waals surface area contributed by atoms with Gasteiger partial charge in [-0.1, -0.05) is 13.0 Å². The van der Waals surface area contributed by atoms with Crippen molar-refractivity contribution in [1.29, 1.82) is 0 Å².